The van der Waals surface area contributed by atoms with Crippen LogP contribution in [0, 0.1) is 11.3 Å². The highest BCUT2D eigenvalue weighted by Gasteiger charge is 2.32. The molecule has 1 fully saturated rings. The molecule has 0 radical (unpaired) electrons. The van der Waals surface area contributed by atoms with E-state index in [1.165, 1.54) is 6.33 Å². The van der Waals surface area contributed by atoms with Crippen LogP contribution in [0.25, 0.3) is 16.7 Å². The third kappa shape index (κ3) is 4.25. The smallest absolute Gasteiger partial charge is 0.410 e. The Labute approximate surface area is 194 Å². The van der Waals surface area contributed by atoms with Gasteiger partial charge in [-0.3, -0.25) is 0 Å². The van der Waals surface area contributed by atoms with E-state index in [0.717, 1.165) is 16.9 Å². The molecule has 0 saturated carbocycles. The SMILES string of the molecule is CC1CN(C(=O)OC(C)(C)C)CCN1c1ncnc2c1c(Br)nn2-c1cccc(C#N)c1. The Balaban J connectivity index is 1.65. The summed E-state index contributed by atoms with van der Waals surface area (Å²) in [6.07, 6.45) is 1.21. The van der Waals surface area contributed by atoms with Crippen LogP contribution in [0.4, 0.5) is 10.6 Å². The van der Waals surface area contributed by atoms with Gasteiger partial charge in [-0.05, 0) is 61.8 Å². The molecule has 10 heteroatoms. The predicted octanol–water partition coefficient (Wildman–Crippen LogP) is 3.90. The van der Waals surface area contributed by atoms with Crippen molar-refractivity contribution >= 4 is 38.9 Å². The van der Waals surface area contributed by atoms with Crippen LogP contribution in [0.2, 0.25) is 0 Å². The lowest BCUT2D eigenvalue weighted by Crippen LogP contribution is -2.54. The average molecular weight is 498 g/mol. The lowest BCUT2D eigenvalue weighted by Gasteiger charge is -2.40. The lowest BCUT2D eigenvalue weighted by atomic mass is 10.1. The number of rotatable bonds is 2. The molecule has 166 valence electrons. The van der Waals surface area contributed by atoms with Crippen LogP contribution in [0.3, 0.4) is 0 Å². The minimum Gasteiger partial charge on any atom is -0.444 e. The zero-order chi connectivity index (χ0) is 23.0. The van der Waals surface area contributed by atoms with Gasteiger partial charge in [-0.1, -0.05) is 6.07 Å². The number of carbonyl (C=O) groups excluding carboxylic acids is 1. The molecule has 32 heavy (non-hydrogen) atoms. The van der Waals surface area contributed by atoms with E-state index in [1.807, 2.05) is 32.9 Å². The summed E-state index contributed by atoms with van der Waals surface area (Å²) < 4.78 is 7.85. The number of anilines is 1. The third-order valence-corrected chi connectivity index (χ3v) is 5.73. The molecule has 1 aliphatic heterocycles. The Hall–Kier alpha value is -3.19. The summed E-state index contributed by atoms with van der Waals surface area (Å²) >= 11 is 3.57. The van der Waals surface area contributed by atoms with E-state index in [-0.39, 0.29) is 12.1 Å². The second-order valence-electron chi connectivity index (χ2n) is 8.73. The highest BCUT2D eigenvalue weighted by molar-refractivity contribution is 9.10. The summed E-state index contributed by atoms with van der Waals surface area (Å²) in [5.74, 6) is 0.751. The van der Waals surface area contributed by atoms with E-state index in [0.29, 0.717) is 35.4 Å². The number of carbonyl (C=O) groups is 1. The number of ether oxygens (including phenoxy) is 1. The van der Waals surface area contributed by atoms with E-state index in [9.17, 15) is 10.1 Å². The highest BCUT2D eigenvalue weighted by Crippen LogP contribution is 2.33. The second-order valence-corrected chi connectivity index (χ2v) is 9.48. The van der Waals surface area contributed by atoms with Gasteiger partial charge in [0.15, 0.2) is 5.65 Å². The topological polar surface area (TPSA) is 100 Å². The van der Waals surface area contributed by atoms with Crippen LogP contribution in [-0.2, 0) is 4.74 Å². The molecule has 1 unspecified atom stereocenters. The summed E-state index contributed by atoms with van der Waals surface area (Å²) in [6, 6.07) is 9.38. The molecule has 2 aromatic heterocycles. The highest BCUT2D eigenvalue weighted by atomic mass is 79.9. The summed E-state index contributed by atoms with van der Waals surface area (Å²) in [6.45, 7) is 9.31. The number of hydrogen-bond donors (Lipinski definition) is 0. The van der Waals surface area contributed by atoms with Crippen molar-refractivity contribution in [3.63, 3.8) is 0 Å². The first kappa shape index (κ1) is 22.0. The standard InChI is InChI=1S/C22H24BrN7O2/c1-14-12-28(21(31)32-22(2,3)4)8-9-29(14)19-17-18(23)27-30(20(17)26-13-25-19)16-7-5-6-15(10-16)11-24/h5-7,10,13-14H,8-9,12H2,1-4H3. The molecule has 1 aliphatic rings. The van der Waals surface area contributed by atoms with Crippen LogP contribution in [-0.4, -0.2) is 62.0 Å². The van der Waals surface area contributed by atoms with Gasteiger partial charge in [-0.15, -0.1) is 0 Å². The van der Waals surface area contributed by atoms with Gasteiger partial charge in [-0.2, -0.15) is 10.4 Å². The largest absolute Gasteiger partial charge is 0.444 e. The number of hydrogen-bond acceptors (Lipinski definition) is 7. The number of amides is 1. The van der Waals surface area contributed by atoms with E-state index in [4.69, 9.17) is 4.74 Å². The average Bonchev–Trinajstić information content (AvgIpc) is 3.09. The Morgan fingerprint density at radius 3 is 2.75 bits per heavy atom. The number of benzene rings is 1. The first-order chi connectivity index (χ1) is 15.2. The normalized spacial score (nSPS) is 16.8. The van der Waals surface area contributed by atoms with E-state index < -0.39 is 5.60 Å². The fourth-order valence-electron chi connectivity index (χ4n) is 3.77. The van der Waals surface area contributed by atoms with Crippen molar-refractivity contribution in [2.24, 2.45) is 0 Å². The van der Waals surface area contributed by atoms with Crippen LogP contribution in [0.5, 0.6) is 0 Å². The first-order valence-electron chi connectivity index (χ1n) is 10.3. The number of aromatic nitrogens is 4. The Kier molecular flexibility index (Phi) is 5.77. The molecule has 4 rings (SSSR count). The van der Waals surface area contributed by atoms with Crippen molar-refractivity contribution in [1.82, 2.24) is 24.6 Å². The summed E-state index contributed by atoms with van der Waals surface area (Å²) in [4.78, 5) is 25.4. The molecule has 1 atom stereocenters. The molecule has 9 nitrogen and oxygen atoms in total. The summed E-state index contributed by atoms with van der Waals surface area (Å²) in [5.41, 5.74) is 1.40. The Bertz CT molecular complexity index is 1210. The molecule has 1 saturated heterocycles. The number of fused-ring (bicyclic) bond motifs is 1. The van der Waals surface area contributed by atoms with Gasteiger partial charge in [0.1, 0.15) is 22.3 Å². The molecular weight excluding hydrogens is 474 g/mol. The van der Waals surface area contributed by atoms with Gasteiger partial charge in [0.05, 0.1) is 22.7 Å². The van der Waals surface area contributed by atoms with Gasteiger partial charge in [0, 0.05) is 25.7 Å². The van der Waals surface area contributed by atoms with E-state index >= 15 is 0 Å². The van der Waals surface area contributed by atoms with Gasteiger partial charge in [-0.25, -0.2) is 19.4 Å². The second kappa shape index (κ2) is 8.39. The van der Waals surface area contributed by atoms with Crippen molar-refractivity contribution in [3.8, 4) is 11.8 Å². The Morgan fingerprint density at radius 2 is 2.06 bits per heavy atom. The van der Waals surface area contributed by atoms with E-state index in [1.54, 1.807) is 21.7 Å². The van der Waals surface area contributed by atoms with Gasteiger partial charge >= 0.3 is 6.09 Å². The fraction of sp³-hybridized carbons (Fsp3) is 0.409. The number of nitrogens with zero attached hydrogens (tertiary/aromatic N) is 7. The molecule has 0 aliphatic carbocycles. The quantitative estimate of drug-likeness (QED) is 0.529. The maximum atomic E-state index is 12.5. The predicted molar refractivity (Wildman–Crippen MR) is 124 cm³/mol. The van der Waals surface area contributed by atoms with Crippen LogP contribution in [0.15, 0.2) is 35.2 Å². The maximum Gasteiger partial charge on any atom is 0.410 e. The number of halogens is 1. The summed E-state index contributed by atoms with van der Waals surface area (Å²) in [5, 5.41) is 14.6. The van der Waals surface area contributed by atoms with Gasteiger partial charge < -0.3 is 14.5 Å². The molecule has 1 aromatic carbocycles. The number of piperazine rings is 1. The minimum absolute atomic E-state index is 0.0199. The van der Waals surface area contributed by atoms with Crippen molar-refractivity contribution in [1.29, 1.82) is 5.26 Å². The first-order valence-corrected chi connectivity index (χ1v) is 11.1. The van der Waals surface area contributed by atoms with Crippen molar-refractivity contribution in [2.45, 2.75) is 39.3 Å². The monoisotopic (exact) mass is 497 g/mol. The maximum absolute atomic E-state index is 12.5. The third-order valence-electron chi connectivity index (χ3n) is 5.17. The molecule has 0 spiro atoms. The van der Waals surface area contributed by atoms with Crippen LogP contribution < -0.4 is 4.90 Å². The van der Waals surface area contributed by atoms with Gasteiger partial charge in [0.25, 0.3) is 0 Å². The molecule has 3 aromatic rings. The Morgan fingerprint density at radius 1 is 1.28 bits per heavy atom. The molecule has 1 amide bonds. The van der Waals surface area contributed by atoms with E-state index in [2.05, 4.69) is 48.9 Å². The lowest BCUT2D eigenvalue weighted by molar-refractivity contribution is 0.0218. The molecule has 3 heterocycles. The number of nitriles is 1. The molecule has 0 N–H and O–H groups in total. The summed E-state index contributed by atoms with van der Waals surface area (Å²) in [7, 11) is 0. The van der Waals surface area contributed by atoms with Crippen LogP contribution >= 0.6 is 15.9 Å². The zero-order valence-corrected chi connectivity index (χ0v) is 20.0. The van der Waals surface area contributed by atoms with Crippen molar-refractivity contribution in [3.05, 3.63) is 40.8 Å². The van der Waals surface area contributed by atoms with Crippen molar-refractivity contribution in [2.75, 3.05) is 24.5 Å². The van der Waals surface area contributed by atoms with Crippen molar-refractivity contribution < 1.29 is 9.53 Å². The van der Waals surface area contributed by atoms with Gasteiger partial charge in [0.2, 0.25) is 0 Å². The van der Waals surface area contributed by atoms with Crippen LogP contribution in [0.1, 0.15) is 33.3 Å². The zero-order valence-electron chi connectivity index (χ0n) is 18.4. The minimum atomic E-state index is -0.529. The molecular formula is C22H24BrN7O2. The fourth-order valence-corrected chi connectivity index (χ4v) is 4.28. The molecule has 0 bridgehead atoms.